The molecule has 0 saturated heterocycles. The zero-order valence-electron chi connectivity index (χ0n) is 25.9. The van der Waals surface area contributed by atoms with Crippen LogP contribution in [0, 0.1) is 0 Å². The molecule has 15 heteroatoms. The predicted molar refractivity (Wildman–Crippen MR) is 185 cm³/mol. The Kier molecular flexibility index (Phi) is 16.1. The molecule has 2 aromatic carbocycles. The first kappa shape index (κ1) is 38.5. The third-order valence-electron chi connectivity index (χ3n) is 6.13. The SMILES string of the molecule is O.O.O.O=C(COc1cccc2cccnc12)N/N=C/c1ccncc1.O=C(COc1cccc2cccnc12)N/N=C/c1ccncc1. The highest BCUT2D eigenvalue weighted by Crippen LogP contribution is 2.23. The number of ether oxygens (including phenoxy) is 2. The molecule has 0 radical (unpaired) electrons. The highest BCUT2D eigenvalue weighted by molar-refractivity contribution is 5.87. The molecule has 2 amide bonds. The standard InChI is InChI=1S/2C17H14N4O2.3H2O/c2*22-16(21-20-11-13-6-9-18-10-7-13)12-23-15-5-1-3-14-4-2-8-19-17(14)15;;;/h2*1-11H,12H2,(H,21,22);3*1H2/b2*20-11+;;;. The van der Waals surface area contributed by atoms with Crippen molar-refractivity contribution in [2.45, 2.75) is 0 Å². The van der Waals surface area contributed by atoms with Gasteiger partial charge in [0.15, 0.2) is 13.2 Å². The number of carbonyl (C=O) groups excluding carboxylic acids is 2. The number of pyridine rings is 4. The van der Waals surface area contributed by atoms with Crippen molar-refractivity contribution in [2.24, 2.45) is 10.2 Å². The van der Waals surface area contributed by atoms with Gasteiger partial charge in [-0.1, -0.05) is 36.4 Å². The molecule has 49 heavy (non-hydrogen) atoms. The molecule has 0 aliphatic carbocycles. The van der Waals surface area contributed by atoms with E-state index in [-0.39, 0.29) is 41.5 Å². The van der Waals surface area contributed by atoms with Gasteiger partial charge in [-0.15, -0.1) is 0 Å². The van der Waals surface area contributed by atoms with Gasteiger partial charge in [-0.25, -0.2) is 10.9 Å². The van der Waals surface area contributed by atoms with E-state index in [1.54, 1.807) is 86.0 Å². The van der Waals surface area contributed by atoms with Crippen LogP contribution in [0.4, 0.5) is 0 Å². The third kappa shape index (κ3) is 11.9. The van der Waals surface area contributed by atoms with Gasteiger partial charge in [-0.05, 0) is 59.7 Å². The number of nitrogens with zero attached hydrogens (tertiary/aromatic N) is 6. The minimum atomic E-state index is -0.344. The molecule has 4 heterocycles. The van der Waals surface area contributed by atoms with Crippen LogP contribution in [0.1, 0.15) is 11.1 Å². The Balaban J connectivity index is 0.000000321. The van der Waals surface area contributed by atoms with Crippen LogP contribution in [0.2, 0.25) is 0 Å². The first-order valence-corrected chi connectivity index (χ1v) is 14.0. The summed E-state index contributed by atoms with van der Waals surface area (Å²) in [6.45, 7) is -0.271. The van der Waals surface area contributed by atoms with Crippen LogP contribution in [0.5, 0.6) is 11.5 Å². The number of benzene rings is 2. The summed E-state index contributed by atoms with van der Waals surface area (Å²) in [7, 11) is 0. The van der Waals surface area contributed by atoms with Crippen molar-refractivity contribution in [1.82, 2.24) is 30.8 Å². The Hall–Kier alpha value is -6.68. The maximum atomic E-state index is 11.8. The van der Waals surface area contributed by atoms with Crippen molar-refractivity contribution >= 4 is 46.0 Å². The van der Waals surface area contributed by atoms with E-state index in [1.807, 2.05) is 48.5 Å². The number of fused-ring (bicyclic) bond motifs is 2. The van der Waals surface area contributed by atoms with Crippen LogP contribution in [0.25, 0.3) is 21.8 Å². The van der Waals surface area contributed by atoms with Gasteiger partial charge in [0.05, 0.1) is 12.4 Å². The monoisotopic (exact) mass is 666 g/mol. The highest BCUT2D eigenvalue weighted by atomic mass is 16.5. The molecule has 4 aromatic heterocycles. The fraction of sp³-hybridized carbons (Fsp3) is 0.0588. The Morgan fingerprint density at radius 3 is 1.35 bits per heavy atom. The second-order valence-corrected chi connectivity index (χ2v) is 9.39. The smallest absolute Gasteiger partial charge is 0.277 e. The van der Waals surface area contributed by atoms with Gasteiger partial charge in [0.25, 0.3) is 11.8 Å². The fourth-order valence-electron chi connectivity index (χ4n) is 3.99. The second kappa shape index (κ2) is 20.4. The van der Waals surface area contributed by atoms with Gasteiger partial charge < -0.3 is 25.9 Å². The Morgan fingerprint density at radius 2 is 0.939 bits per heavy atom. The number of hydrogen-bond donors (Lipinski definition) is 2. The molecule has 15 nitrogen and oxygen atoms in total. The molecule has 252 valence electrons. The summed E-state index contributed by atoms with van der Waals surface area (Å²) < 4.78 is 11.1. The van der Waals surface area contributed by atoms with Crippen LogP contribution in [-0.2, 0) is 9.59 Å². The normalized spacial score (nSPS) is 10.1. The zero-order chi connectivity index (χ0) is 31.8. The summed E-state index contributed by atoms with van der Waals surface area (Å²) in [6, 6.07) is 25.9. The number of hydrazone groups is 2. The number of hydrogen-bond acceptors (Lipinski definition) is 10. The lowest BCUT2D eigenvalue weighted by Crippen LogP contribution is -2.24. The van der Waals surface area contributed by atoms with Gasteiger partial charge in [0.2, 0.25) is 0 Å². The lowest BCUT2D eigenvalue weighted by molar-refractivity contribution is -0.123. The third-order valence-corrected chi connectivity index (χ3v) is 6.13. The van der Waals surface area contributed by atoms with Crippen LogP contribution in [0.3, 0.4) is 0 Å². The molecular weight excluding hydrogens is 632 g/mol. The van der Waals surface area contributed by atoms with Gasteiger partial charge in [-0.2, -0.15) is 10.2 Å². The Morgan fingerprint density at radius 1 is 0.551 bits per heavy atom. The van der Waals surface area contributed by atoms with Crippen LogP contribution in [-0.4, -0.2) is 73.8 Å². The maximum absolute atomic E-state index is 11.8. The average Bonchev–Trinajstić information content (AvgIpc) is 3.11. The molecule has 6 aromatic rings. The zero-order valence-corrected chi connectivity index (χ0v) is 25.9. The summed E-state index contributed by atoms with van der Waals surface area (Å²) >= 11 is 0. The van der Waals surface area contributed by atoms with E-state index in [0.717, 1.165) is 32.9 Å². The highest BCUT2D eigenvalue weighted by Gasteiger charge is 2.07. The number of aromatic nitrogens is 4. The first-order valence-electron chi connectivity index (χ1n) is 14.0. The average molecular weight is 667 g/mol. The van der Waals surface area contributed by atoms with Crippen molar-refractivity contribution in [3.8, 4) is 11.5 Å². The molecule has 0 unspecified atom stereocenters. The quantitative estimate of drug-likeness (QED) is 0.161. The summed E-state index contributed by atoms with van der Waals surface area (Å²) in [4.78, 5) is 39.9. The van der Waals surface area contributed by atoms with Gasteiger partial charge in [0, 0.05) is 48.0 Å². The van der Waals surface area contributed by atoms with Crippen LogP contribution >= 0.6 is 0 Å². The summed E-state index contributed by atoms with van der Waals surface area (Å²) in [6.07, 6.45) is 13.1. The minimum Gasteiger partial charge on any atom is -0.481 e. The molecule has 0 spiro atoms. The molecule has 0 atom stereocenters. The fourth-order valence-corrected chi connectivity index (χ4v) is 3.99. The van der Waals surface area contributed by atoms with E-state index in [9.17, 15) is 9.59 Å². The molecule has 0 fully saturated rings. The lowest BCUT2D eigenvalue weighted by atomic mass is 10.2. The topological polar surface area (TPSA) is 247 Å². The van der Waals surface area contributed by atoms with Crippen molar-refractivity contribution in [3.63, 3.8) is 0 Å². The van der Waals surface area contributed by atoms with E-state index in [4.69, 9.17) is 9.47 Å². The van der Waals surface area contributed by atoms with E-state index >= 15 is 0 Å². The van der Waals surface area contributed by atoms with Gasteiger partial charge in [-0.3, -0.25) is 29.5 Å². The van der Waals surface area contributed by atoms with Gasteiger partial charge >= 0.3 is 0 Å². The largest absolute Gasteiger partial charge is 0.481 e. The molecule has 6 rings (SSSR count). The van der Waals surface area contributed by atoms with Crippen LogP contribution < -0.4 is 20.3 Å². The van der Waals surface area contributed by atoms with Crippen molar-refractivity contribution in [2.75, 3.05) is 13.2 Å². The van der Waals surface area contributed by atoms with E-state index in [1.165, 1.54) is 0 Å². The summed E-state index contributed by atoms with van der Waals surface area (Å²) in [5.74, 6) is 0.444. The molecule has 0 aliphatic heterocycles. The molecule has 8 N–H and O–H groups in total. The number of carbonyl (C=O) groups is 2. The second-order valence-electron chi connectivity index (χ2n) is 9.39. The number of para-hydroxylation sites is 2. The maximum Gasteiger partial charge on any atom is 0.277 e. The van der Waals surface area contributed by atoms with Crippen LogP contribution in [0.15, 0.2) is 132 Å². The molecule has 0 saturated carbocycles. The molecule has 0 aliphatic rings. The molecule has 0 bridgehead atoms. The van der Waals surface area contributed by atoms with E-state index in [0.29, 0.717) is 11.5 Å². The molecular formula is C34H34N8O7. The lowest BCUT2D eigenvalue weighted by Gasteiger charge is -2.07. The Labute approximate surface area is 280 Å². The van der Waals surface area contributed by atoms with E-state index < -0.39 is 0 Å². The number of nitrogens with one attached hydrogen (secondary N) is 2. The van der Waals surface area contributed by atoms with Crippen molar-refractivity contribution < 1.29 is 35.5 Å². The first-order chi connectivity index (χ1) is 22.7. The predicted octanol–water partition coefficient (Wildman–Crippen LogP) is 1.84. The number of rotatable bonds is 10. The summed E-state index contributed by atoms with van der Waals surface area (Å²) in [5, 5.41) is 9.66. The minimum absolute atomic E-state index is 0. The van der Waals surface area contributed by atoms with Crippen molar-refractivity contribution in [1.29, 1.82) is 0 Å². The van der Waals surface area contributed by atoms with E-state index in [2.05, 4.69) is 41.0 Å². The summed E-state index contributed by atoms with van der Waals surface area (Å²) in [5.41, 5.74) is 7.97. The number of amides is 2. The Bertz CT molecular complexity index is 1810. The van der Waals surface area contributed by atoms with Gasteiger partial charge in [0.1, 0.15) is 22.5 Å². The van der Waals surface area contributed by atoms with Crippen molar-refractivity contribution in [3.05, 3.63) is 133 Å².